The predicted molar refractivity (Wildman–Crippen MR) is 113 cm³/mol. The summed E-state index contributed by atoms with van der Waals surface area (Å²) >= 11 is 0. The summed E-state index contributed by atoms with van der Waals surface area (Å²) in [6.07, 6.45) is 14.2. The maximum atomic E-state index is 12.3. The Balaban J connectivity index is 4.16. The summed E-state index contributed by atoms with van der Waals surface area (Å²) in [6.45, 7) is 10.6. The quantitative estimate of drug-likeness (QED) is 0.107. The van der Waals surface area contributed by atoms with E-state index in [1.165, 1.54) is 6.08 Å². The van der Waals surface area contributed by atoms with Gasteiger partial charge in [-0.1, -0.05) is 45.4 Å². The number of unbranched alkanes of at least 4 members (excludes halogenated alkanes) is 3. The number of hydrogen-bond donors (Lipinski definition) is 0. The summed E-state index contributed by atoms with van der Waals surface area (Å²) in [7, 11) is 0. The van der Waals surface area contributed by atoms with Crippen molar-refractivity contribution in [1.29, 1.82) is 0 Å². The highest BCUT2D eigenvalue weighted by Gasteiger charge is 2.18. The van der Waals surface area contributed by atoms with Crippen molar-refractivity contribution in [3.63, 3.8) is 0 Å². The number of rotatable bonds is 17. The molecule has 0 saturated carbocycles. The number of carbonyl (C=O) groups excluding carboxylic acids is 2. The standard InChI is InChI=1S/C23H38O5/c1-5-9-16-21(19-28-23(25)20(14-6-2)15-7-3)26-17-12-10-11-13-18-27-22(24)8-4/h5,8-9,16,20H,4,6-7,10-15,17-19H2,1-3H3/b9-5-,21-16+. The van der Waals surface area contributed by atoms with E-state index in [1.54, 1.807) is 0 Å². The van der Waals surface area contributed by atoms with Gasteiger partial charge in [-0.2, -0.15) is 0 Å². The van der Waals surface area contributed by atoms with Crippen LogP contribution < -0.4 is 0 Å². The first-order chi connectivity index (χ1) is 13.6. The lowest BCUT2D eigenvalue weighted by molar-refractivity contribution is -0.149. The van der Waals surface area contributed by atoms with Crippen molar-refractivity contribution in [3.05, 3.63) is 36.6 Å². The van der Waals surface area contributed by atoms with E-state index < -0.39 is 0 Å². The lowest BCUT2D eigenvalue weighted by Gasteiger charge is -2.16. The molecule has 0 fully saturated rings. The Labute approximate surface area is 170 Å². The molecule has 0 N–H and O–H groups in total. The van der Waals surface area contributed by atoms with Crippen molar-refractivity contribution >= 4 is 11.9 Å². The Morgan fingerprint density at radius 3 is 2.07 bits per heavy atom. The molecule has 160 valence electrons. The first kappa shape index (κ1) is 26.0. The molecule has 0 heterocycles. The summed E-state index contributed by atoms with van der Waals surface area (Å²) in [4.78, 5) is 23.2. The van der Waals surface area contributed by atoms with E-state index in [4.69, 9.17) is 14.2 Å². The molecule has 0 aromatic rings. The second-order valence-corrected chi connectivity index (χ2v) is 6.68. The SMILES string of the molecule is C=CC(=O)OCCCCCCO/C(=C/C=C\C)COC(=O)C(CCC)CCC. The van der Waals surface area contributed by atoms with E-state index in [0.29, 0.717) is 19.0 Å². The van der Waals surface area contributed by atoms with Gasteiger partial charge in [0.25, 0.3) is 0 Å². The minimum absolute atomic E-state index is 0.0202. The molecule has 0 aliphatic heterocycles. The molecule has 0 spiro atoms. The normalized spacial score (nSPS) is 11.6. The van der Waals surface area contributed by atoms with Crippen molar-refractivity contribution in [1.82, 2.24) is 0 Å². The van der Waals surface area contributed by atoms with Gasteiger partial charge < -0.3 is 14.2 Å². The molecule has 0 aliphatic carbocycles. The van der Waals surface area contributed by atoms with Crippen LogP contribution in [0, 0.1) is 5.92 Å². The molecule has 0 saturated heterocycles. The molecular weight excluding hydrogens is 356 g/mol. The summed E-state index contributed by atoms with van der Waals surface area (Å²) in [6, 6.07) is 0. The third kappa shape index (κ3) is 14.1. The average Bonchev–Trinajstić information content (AvgIpc) is 2.70. The van der Waals surface area contributed by atoms with Crippen molar-refractivity contribution in [2.75, 3.05) is 19.8 Å². The van der Waals surface area contributed by atoms with E-state index >= 15 is 0 Å². The van der Waals surface area contributed by atoms with E-state index in [0.717, 1.165) is 51.4 Å². The lowest BCUT2D eigenvalue weighted by atomic mass is 9.99. The highest BCUT2D eigenvalue weighted by molar-refractivity contribution is 5.81. The van der Waals surface area contributed by atoms with Gasteiger partial charge in [0.05, 0.1) is 19.1 Å². The summed E-state index contributed by atoms with van der Waals surface area (Å²) in [5, 5.41) is 0. The van der Waals surface area contributed by atoms with E-state index in [2.05, 4.69) is 20.4 Å². The maximum Gasteiger partial charge on any atom is 0.330 e. The van der Waals surface area contributed by atoms with Gasteiger partial charge in [-0.3, -0.25) is 4.79 Å². The second-order valence-electron chi connectivity index (χ2n) is 6.68. The van der Waals surface area contributed by atoms with Crippen molar-refractivity contribution in [2.45, 2.75) is 72.1 Å². The van der Waals surface area contributed by atoms with Gasteiger partial charge in [0.15, 0.2) is 0 Å². The average molecular weight is 395 g/mol. The Morgan fingerprint density at radius 1 is 0.929 bits per heavy atom. The van der Waals surface area contributed by atoms with E-state index in [-0.39, 0.29) is 24.5 Å². The molecule has 5 heteroatoms. The van der Waals surface area contributed by atoms with Gasteiger partial charge >= 0.3 is 11.9 Å². The molecule has 0 radical (unpaired) electrons. The number of hydrogen-bond acceptors (Lipinski definition) is 5. The molecule has 5 nitrogen and oxygen atoms in total. The van der Waals surface area contributed by atoms with Gasteiger partial charge in [-0.25, -0.2) is 4.79 Å². The van der Waals surface area contributed by atoms with Crippen molar-refractivity contribution < 1.29 is 23.8 Å². The van der Waals surface area contributed by atoms with Crippen LogP contribution in [0.5, 0.6) is 0 Å². The predicted octanol–water partition coefficient (Wildman–Crippen LogP) is 5.51. The number of allylic oxidation sites excluding steroid dienone is 3. The third-order valence-corrected chi connectivity index (χ3v) is 4.18. The second kappa shape index (κ2) is 18.3. The fourth-order valence-corrected chi connectivity index (χ4v) is 2.67. The first-order valence-corrected chi connectivity index (χ1v) is 10.5. The fourth-order valence-electron chi connectivity index (χ4n) is 2.67. The Morgan fingerprint density at radius 2 is 1.54 bits per heavy atom. The summed E-state index contributed by atoms with van der Waals surface area (Å²) < 4.78 is 16.2. The highest BCUT2D eigenvalue weighted by atomic mass is 16.6. The van der Waals surface area contributed by atoms with Crippen LogP contribution in [0.4, 0.5) is 0 Å². The van der Waals surface area contributed by atoms with Crippen molar-refractivity contribution in [2.24, 2.45) is 5.92 Å². The lowest BCUT2D eigenvalue weighted by Crippen LogP contribution is -2.19. The smallest absolute Gasteiger partial charge is 0.330 e. The number of esters is 2. The Hall–Kier alpha value is -2.04. The van der Waals surface area contributed by atoms with Crippen LogP contribution in [-0.2, 0) is 23.8 Å². The van der Waals surface area contributed by atoms with Crippen LogP contribution in [0.2, 0.25) is 0 Å². The van der Waals surface area contributed by atoms with Crippen LogP contribution in [0.25, 0.3) is 0 Å². The van der Waals surface area contributed by atoms with Crippen LogP contribution in [0.1, 0.15) is 72.1 Å². The molecule has 0 amide bonds. The molecule has 0 aromatic carbocycles. The summed E-state index contributed by atoms with van der Waals surface area (Å²) in [5.74, 6) is 0.135. The zero-order chi connectivity index (χ0) is 21.0. The highest BCUT2D eigenvalue weighted by Crippen LogP contribution is 2.16. The van der Waals surface area contributed by atoms with Crippen LogP contribution in [-0.4, -0.2) is 31.8 Å². The Kier molecular flexibility index (Phi) is 17.0. The molecule has 0 aromatic heterocycles. The van der Waals surface area contributed by atoms with Crippen LogP contribution in [0.15, 0.2) is 36.6 Å². The molecule has 0 atom stereocenters. The van der Waals surface area contributed by atoms with E-state index in [9.17, 15) is 9.59 Å². The van der Waals surface area contributed by atoms with Gasteiger partial charge in [0.2, 0.25) is 0 Å². The molecule has 28 heavy (non-hydrogen) atoms. The van der Waals surface area contributed by atoms with E-state index in [1.807, 2.05) is 25.2 Å². The van der Waals surface area contributed by atoms with Gasteiger partial charge in [0, 0.05) is 6.08 Å². The molecule has 0 bridgehead atoms. The maximum absolute atomic E-state index is 12.3. The van der Waals surface area contributed by atoms with Crippen molar-refractivity contribution in [3.8, 4) is 0 Å². The van der Waals surface area contributed by atoms with Crippen LogP contribution >= 0.6 is 0 Å². The topological polar surface area (TPSA) is 61.8 Å². The first-order valence-electron chi connectivity index (χ1n) is 10.5. The number of carbonyl (C=O) groups is 2. The van der Waals surface area contributed by atoms with Gasteiger partial charge in [0.1, 0.15) is 12.4 Å². The molecule has 0 aliphatic rings. The molecule has 0 rings (SSSR count). The van der Waals surface area contributed by atoms with Gasteiger partial charge in [-0.15, -0.1) is 0 Å². The van der Waals surface area contributed by atoms with Crippen LogP contribution in [0.3, 0.4) is 0 Å². The number of ether oxygens (including phenoxy) is 3. The Bertz CT molecular complexity index is 487. The molecule has 0 unspecified atom stereocenters. The zero-order valence-electron chi connectivity index (χ0n) is 17.9. The van der Waals surface area contributed by atoms with Gasteiger partial charge in [-0.05, 0) is 51.5 Å². The molecular formula is C23H38O5. The monoisotopic (exact) mass is 394 g/mol. The summed E-state index contributed by atoms with van der Waals surface area (Å²) in [5.41, 5.74) is 0. The minimum Gasteiger partial charge on any atom is -0.494 e. The largest absolute Gasteiger partial charge is 0.494 e. The third-order valence-electron chi connectivity index (χ3n) is 4.18. The fraction of sp³-hybridized carbons (Fsp3) is 0.652. The minimum atomic E-state index is -0.378. The zero-order valence-corrected chi connectivity index (χ0v) is 17.9.